The predicted octanol–water partition coefficient (Wildman–Crippen LogP) is 5.53. The fourth-order valence-electron chi connectivity index (χ4n) is 2.80. The number of rotatable bonds is 9. The Kier molecular flexibility index (Phi) is 8.36. The van der Waals surface area contributed by atoms with E-state index >= 15 is 0 Å². The van der Waals surface area contributed by atoms with Crippen molar-refractivity contribution in [2.24, 2.45) is 15.9 Å². The zero-order valence-corrected chi connectivity index (χ0v) is 17.7. The first kappa shape index (κ1) is 22.3. The normalized spacial score (nSPS) is 20.7. The molecule has 1 aliphatic heterocycles. The minimum Gasteiger partial charge on any atom is -0.386 e. The molecule has 2 aliphatic rings. The smallest absolute Gasteiger partial charge is 0.124 e. The summed E-state index contributed by atoms with van der Waals surface area (Å²) in [6.45, 7) is 5.60. The molecule has 0 unspecified atom stereocenters. The van der Waals surface area contributed by atoms with Crippen LogP contribution in [0.25, 0.3) is 0 Å². The van der Waals surface area contributed by atoms with Gasteiger partial charge in [0.2, 0.25) is 0 Å². The number of hydrogen-bond acceptors (Lipinski definition) is 4. The summed E-state index contributed by atoms with van der Waals surface area (Å²) in [5.41, 5.74) is 1.59. The molecule has 0 bridgehead atoms. The van der Waals surface area contributed by atoms with Gasteiger partial charge in [0.05, 0.1) is 18.0 Å². The van der Waals surface area contributed by atoms with Gasteiger partial charge in [-0.1, -0.05) is 31.0 Å². The molecule has 1 aliphatic carbocycles. The van der Waals surface area contributed by atoms with Crippen molar-refractivity contribution in [1.29, 1.82) is 5.41 Å². The topological polar surface area (TPSA) is 60.6 Å². The molecule has 0 aromatic rings. The molecule has 2 N–H and O–H groups in total. The van der Waals surface area contributed by atoms with Crippen LogP contribution < -0.4 is 5.32 Å². The molecule has 2 rings (SSSR count). The second-order valence-corrected chi connectivity index (χ2v) is 8.18. The fourth-order valence-corrected chi connectivity index (χ4v) is 3.12. The van der Waals surface area contributed by atoms with Crippen LogP contribution in [0.3, 0.4) is 0 Å². The van der Waals surface area contributed by atoms with Crippen LogP contribution in [-0.4, -0.2) is 36.4 Å². The highest BCUT2D eigenvalue weighted by atomic mass is 35.5. The molecular weight excluding hydrogens is 375 g/mol. The van der Waals surface area contributed by atoms with Crippen molar-refractivity contribution in [3.63, 3.8) is 0 Å². The maximum Gasteiger partial charge on any atom is 0.124 e. The quantitative estimate of drug-likeness (QED) is 0.385. The fraction of sp³-hybridized carbons (Fsp3) is 0.500. The molecule has 0 aromatic heterocycles. The van der Waals surface area contributed by atoms with Crippen molar-refractivity contribution in [3.05, 3.63) is 46.8 Å². The zero-order valence-electron chi connectivity index (χ0n) is 16.9. The molecular formula is C22H30ClFN4. The number of aliphatic imine (C=N–C) groups is 2. The van der Waals surface area contributed by atoms with Crippen LogP contribution in [0.15, 0.2) is 56.8 Å². The molecule has 152 valence electrons. The third-order valence-electron chi connectivity index (χ3n) is 4.55. The SMILES string of the molecule is CCC1=NC=CC(=N)/C1=C\NCC(/C=N\CC(C)(C)F)=C/C(Cl)=C/C1CCC1. The summed E-state index contributed by atoms with van der Waals surface area (Å²) in [5.74, 6) is 0.555. The number of alkyl halides is 1. The first-order chi connectivity index (χ1) is 13.3. The molecule has 1 fully saturated rings. The van der Waals surface area contributed by atoms with Gasteiger partial charge in [-0.3, -0.25) is 9.98 Å². The van der Waals surface area contributed by atoms with E-state index < -0.39 is 5.67 Å². The van der Waals surface area contributed by atoms with Crippen LogP contribution in [0.5, 0.6) is 0 Å². The summed E-state index contributed by atoms with van der Waals surface area (Å²) >= 11 is 6.39. The van der Waals surface area contributed by atoms with E-state index in [1.165, 1.54) is 33.1 Å². The van der Waals surface area contributed by atoms with Crippen molar-refractivity contribution >= 4 is 29.2 Å². The van der Waals surface area contributed by atoms with E-state index in [0.717, 1.165) is 23.3 Å². The predicted molar refractivity (Wildman–Crippen MR) is 119 cm³/mol. The second-order valence-electron chi connectivity index (χ2n) is 7.75. The Morgan fingerprint density at radius 1 is 1.46 bits per heavy atom. The molecule has 0 amide bonds. The van der Waals surface area contributed by atoms with Crippen LogP contribution in [-0.2, 0) is 0 Å². The van der Waals surface area contributed by atoms with E-state index in [0.29, 0.717) is 23.2 Å². The lowest BCUT2D eigenvalue weighted by Crippen LogP contribution is -2.20. The molecule has 4 nitrogen and oxygen atoms in total. The van der Waals surface area contributed by atoms with E-state index in [1.807, 2.05) is 13.0 Å². The van der Waals surface area contributed by atoms with E-state index in [-0.39, 0.29) is 6.54 Å². The Morgan fingerprint density at radius 3 is 2.82 bits per heavy atom. The largest absolute Gasteiger partial charge is 0.386 e. The first-order valence-corrected chi connectivity index (χ1v) is 10.2. The van der Waals surface area contributed by atoms with Crippen molar-refractivity contribution in [2.75, 3.05) is 13.1 Å². The van der Waals surface area contributed by atoms with E-state index in [1.54, 1.807) is 24.7 Å². The van der Waals surface area contributed by atoms with Gasteiger partial charge in [0.25, 0.3) is 0 Å². The summed E-state index contributed by atoms with van der Waals surface area (Å²) < 4.78 is 13.7. The maximum atomic E-state index is 13.7. The number of nitrogens with one attached hydrogen (secondary N) is 2. The minimum absolute atomic E-state index is 0.0947. The van der Waals surface area contributed by atoms with Crippen LogP contribution in [0.4, 0.5) is 4.39 Å². The third kappa shape index (κ3) is 7.55. The van der Waals surface area contributed by atoms with Gasteiger partial charge < -0.3 is 10.7 Å². The van der Waals surface area contributed by atoms with E-state index in [2.05, 4.69) is 21.4 Å². The average molecular weight is 405 g/mol. The maximum absolute atomic E-state index is 13.7. The molecule has 0 radical (unpaired) electrons. The summed E-state index contributed by atoms with van der Waals surface area (Å²) in [6, 6.07) is 0. The van der Waals surface area contributed by atoms with Crippen LogP contribution in [0.1, 0.15) is 46.5 Å². The Balaban J connectivity index is 2.09. The molecule has 1 saturated carbocycles. The Hall–Kier alpha value is -2.01. The number of allylic oxidation sites excluding steroid dienone is 5. The van der Waals surface area contributed by atoms with Gasteiger partial charge in [0, 0.05) is 35.8 Å². The lowest BCUT2D eigenvalue weighted by molar-refractivity contribution is 0.229. The third-order valence-corrected chi connectivity index (χ3v) is 4.79. The van der Waals surface area contributed by atoms with Gasteiger partial charge >= 0.3 is 0 Å². The summed E-state index contributed by atoms with van der Waals surface area (Å²) in [4.78, 5) is 8.55. The average Bonchev–Trinajstić information content (AvgIpc) is 2.58. The van der Waals surface area contributed by atoms with Crippen LogP contribution in [0, 0.1) is 11.3 Å². The van der Waals surface area contributed by atoms with Crippen molar-refractivity contribution in [2.45, 2.75) is 52.1 Å². The van der Waals surface area contributed by atoms with E-state index in [9.17, 15) is 4.39 Å². The molecule has 6 heteroatoms. The minimum atomic E-state index is -1.35. The molecule has 0 atom stereocenters. The summed E-state index contributed by atoms with van der Waals surface area (Å²) in [7, 11) is 0. The monoisotopic (exact) mass is 404 g/mol. The molecule has 1 heterocycles. The molecule has 28 heavy (non-hydrogen) atoms. The number of hydrogen-bond donors (Lipinski definition) is 2. The second kappa shape index (κ2) is 10.5. The summed E-state index contributed by atoms with van der Waals surface area (Å²) in [6.07, 6.45) is 15.1. The van der Waals surface area contributed by atoms with Crippen LogP contribution >= 0.6 is 11.6 Å². The van der Waals surface area contributed by atoms with Crippen molar-refractivity contribution < 1.29 is 4.39 Å². The van der Waals surface area contributed by atoms with Crippen molar-refractivity contribution in [3.8, 4) is 0 Å². The Bertz CT molecular complexity index is 747. The van der Waals surface area contributed by atoms with Crippen molar-refractivity contribution in [1.82, 2.24) is 5.32 Å². The van der Waals surface area contributed by atoms with Gasteiger partial charge in [-0.05, 0) is 56.8 Å². The molecule has 0 spiro atoms. The Labute approximate surface area is 172 Å². The van der Waals surface area contributed by atoms with Gasteiger partial charge in [0.1, 0.15) is 5.67 Å². The molecule has 0 aromatic carbocycles. The Morgan fingerprint density at radius 2 is 2.21 bits per heavy atom. The number of nitrogens with zero attached hydrogens (tertiary/aromatic N) is 2. The lowest BCUT2D eigenvalue weighted by Gasteiger charge is -2.21. The van der Waals surface area contributed by atoms with Gasteiger partial charge in [-0.15, -0.1) is 0 Å². The van der Waals surface area contributed by atoms with Gasteiger partial charge in [-0.25, -0.2) is 4.39 Å². The van der Waals surface area contributed by atoms with Gasteiger partial charge in [-0.2, -0.15) is 0 Å². The van der Waals surface area contributed by atoms with Crippen LogP contribution in [0.2, 0.25) is 0 Å². The summed E-state index contributed by atoms with van der Waals surface area (Å²) in [5, 5.41) is 12.0. The zero-order chi connectivity index (χ0) is 20.6. The van der Waals surface area contributed by atoms with Gasteiger partial charge in [0.15, 0.2) is 0 Å². The lowest BCUT2D eigenvalue weighted by atomic mass is 9.85. The molecule has 0 saturated heterocycles. The highest BCUT2D eigenvalue weighted by Gasteiger charge is 2.16. The van der Waals surface area contributed by atoms with E-state index in [4.69, 9.17) is 17.0 Å². The highest BCUT2D eigenvalue weighted by Crippen LogP contribution is 2.29. The first-order valence-electron chi connectivity index (χ1n) is 9.81. The standard InChI is InChI=1S/C22H30ClFN4/c1-4-21-19(20(25)8-9-28-21)14-26-12-17(13-27-15-22(2,3)24)11-18(23)10-16-6-5-7-16/h8-11,13-14,16,25-26H,4-7,12,15H2,1-3H3/b17-11-,18-10-,19-14+,25-20?,27-13-. The number of halogens is 2. The highest BCUT2D eigenvalue weighted by molar-refractivity contribution is 6.31.